The number of hydrogen-bond donors (Lipinski definition) is 1. The van der Waals surface area contributed by atoms with Gasteiger partial charge in [0, 0.05) is 5.56 Å². The molecular weight excluding hydrogens is 162 g/mol. The fraction of sp³-hybridized carbons (Fsp3) is 0.455. The van der Waals surface area contributed by atoms with Crippen LogP contribution in [0.2, 0.25) is 0 Å². The van der Waals surface area contributed by atoms with E-state index in [4.69, 9.17) is 4.74 Å². The first kappa shape index (κ1) is 8.57. The zero-order valence-corrected chi connectivity index (χ0v) is 8.35. The molecule has 2 heteroatoms. The third-order valence-electron chi connectivity index (χ3n) is 2.76. The highest BCUT2D eigenvalue weighted by molar-refractivity contribution is 5.45. The molecule has 13 heavy (non-hydrogen) atoms. The smallest absolute Gasteiger partial charge is 0.124 e. The topological polar surface area (TPSA) is 21.3 Å². The monoisotopic (exact) mass is 177 g/mol. The lowest BCUT2D eigenvalue weighted by Gasteiger charge is -2.08. The van der Waals surface area contributed by atoms with Crippen LogP contribution in [0.25, 0.3) is 0 Å². The Bertz CT molecular complexity index is 333. The van der Waals surface area contributed by atoms with Crippen molar-refractivity contribution in [3.05, 3.63) is 28.8 Å². The fourth-order valence-electron chi connectivity index (χ4n) is 1.71. The zero-order chi connectivity index (χ0) is 9.42. The number of benzene rings is 1. The van der Waals surface area contributed by atoms with E-state index in [0.29, 0.717) is 6.04 Å². The third-order valence-corrected chi connectivity index (χ3v) is 2.76. The van der Waals surface area contributed by atoms with Crippen LogP contribution < -0.4 is 10.1 Å². The molecule has 70 valence electrons. The largest absolute Gasteiger partial charge is 0.491 e. The first-order valence-electron chi connectivity index (χ1n) is 4.63. The van der Waals surface area contributed by atoms with Gasteiger partial charge in [-0.3, -0.25) is 0 Å². The van der Waals surface area contributed by atoms with Gasteiger partial charge in [-0.2, -0.15) is 0 Å². The molecule has 0 bridgehead atoms. The number of likely N-dealkylation sites (N-methyl/N-ethyl adjacent to an activating group) is 1. The van der Waals surface area contributed by atoms with Gasteiger partial charge in [-0.15, -0.1) is 0 Å². The molecule has 1 unspecified atom stereocenters. The Kier molecular flexibility index (Phi) is 2.00. The number of ether oxygens (including phenoxy) is 1. The van der Waals surface area contributed by atoms with Gasteiger partial charge in [0.25, 0.3) is 0 Å². The van der Waals surface area contributed by atoms with Crippen molar-refractivity contribution in [2.45, 2.75) is 19.9 Å². The molecule has 1 heterocycles. The Balaban J connectivity index is 2.47. The molecule has 2 rings (SSSR count). The van der Waals surface area contributed by atoms with E-state index in [0.717, 1.165) is 12.4 Å². The van der Waals surface area contributed by atoms with E-state index >= 15 is 0 Å². The fourth-order valence-corrected chi connectivity index (χ4v) is 1.71. The minimum Gasteiger partial charge on any atom is -0.491 e. The van der Waals surface area contributed by atoms with Crippen LogP contribution in [0.4, 0.5) is 0 Å². The molecule has 1 N–H and O–H groups in total. The molecule has 1 aliphatic heterocycles. The van der Waals surface area contributed by atoms with E-state index in [1.807, 2.05) is 7.05 Å². The average Bonchev–Trinajstić information content (AvgIpc) is 2.48. The Hall–Kier alpha value is -1.02. The van der Waals surface area contributed by atoms with Crippen molar-refractivity contribution in [2.75, 3.05) is 13.7 Å². The summed E-state index contributed by atoms with van der Waals surface area (Å²) >= 11 is 0. The SMILES string of the molecule is CNC1COc2cc(C)c(C)cc21. The van der Waals surface area contributed by atoms with Crippen LogP contribution in [0.5, 0.6) is 5.75 Å². The summed E-state index contributed by atoms with van der Waals surface area (Å²) in [6, 6.07) is 4.72. The van der Waals surface area contributed by atoms with Crippen molar-refractivity contribution in [2.24, 2.45) is 0 Å². The van der Waals surface area contributed by atoms with Gasteiger partial charge in [0.15, 0.2) is 0 Å². The summed E-state index contributed by atoms with van der Waals surface area (Å²) in [6.07, 6.45) is 0. The number of nitrogens with one attached hydrogen (secondary N) is 1. The Morgan fingerprint density at radius 1 is 1.31 bits per heavy atom. The predicted octanol–water partition coefficient (Wildman–Crippen LogP) is 1.96. The molecule has 0 aromatic heterocycles. The molecule has 1 atom stereocenters. The molecule has 0 saturated heterocycles. The lowest BCUT2D eigenvalue weighted by Crippen LogP contribution is -2.17. The van der Waals surface area contributed by atoms with Crippen molar-refractivity contribution in [3.63, 3.8) is 0 Å². The van der Waals surface area contributed by atoms with Crippen LogP contribution in [-0.2, 0) is 0 Å². The van der Waals surface area contributed by atoms with E-state index in [-0.39, 0.29) is 0 Å². The maximum Gasteiger partial charge on any atom is 0.124 e. The van der Waals surface area contributed by atoms with Crippen molar-refractivity contribution < 1.29 is 4.74 Å². The zero-order valence-electron chi connectivity index (χ0n) is 8.35. The van der Waals surface area contributed by atoms with Crippen LogP contribution in [0, 0.1) is 13.8 Å². The second-order valence-electron chi connectivity index (χ2n) is 3.63. The normalized spacial score (nSPS) is 19.8. The standard InChI is InChI=1S/C11H15NO/c1-7-4-9-10(12-3)6-13-11(9)5-8(7)2/h4-5,10,12H,6H2,1-3H3. The third kappa shape index (κ3) is 1.31. The summed E-state index contributed by atoms with van der Waals surface area (Å²) in [5, 5.41) is 3.24. The van der Waals surface area contributed by atoms with E-state index in [1.54, 1.807) is 0 Å². The van der Waals surface area contributed by atoms with E-state index in [1.165, 1.54) is 16.7 Å². The Morgan fingerprint density at radius 3 is 2.69 bits per heavy atom. The van der Waals surface area contributed by atoms with Crippen LogP contribution in [0.15, 0.2) is 12.1 Å². The van der Waals surface area contributed by atoms with Gasteiger partial charge in [0.05, 0.1) is 6.04 Å². The maximum absolute atomic E-state index is 5.58. The molecule has 2 nitrogen and oxygen atoms in total. The summed E-state index contributed by atoms with van der Waals surface area (Å²) in [7, 11) is 1.97. The molecule has 1 aromatic carbocycles. The summed E-state index contributed by atoms with van der Waals surface area (Å²) in [5.74, 6) is 1.04. The molecule has 0 fully saturated rings. The average molecular weight is 177 g/mol. The van der Waals surface area contributed by atoms with Gasteiger partial charge in [-0.25, -0.2) is 0 Å². The molecule has 0 radical (unpaired) electrons. The lowest BCUT2D eigenvalue weighted by atomic mass is 10.0. The van der Waals surface area contributed by atoms with Gasteiger partial charge in [-0.1, -0.05) is 6.07 Å². The van der Waals surface area contributed by atoms with Gasteiger partial charge in [0.1, 0.15) is 12.4 Å². The summed E-state index contributed by atoms with van der Waals surface area (Å²) in [5.41, 5.74) is 3.94. The second-order valence-corrected chi connectivity index (χ2v) is 3.63. The first-order valence-corrected chi connectivity index (χ1v) is 4.63. The van der Waals surface area contributed by atoms with Crippen LogP contribution in [0.3, 0.4) is 0 Å². The minimum absolute atomic E-state index is 0.370. The quantitative estimate of drug-likeness (QED) is 0.708. The number of rotatable bonds is 1. The first-order chi connectivity index (χ1) is 6.22. The van der Waals surface area contributed by atoms with Crippen molar-refractivity contribution >= 4 is 0 Å². The van der Waals surface area contributed by atoms with Crippen molar-refractivity contribution in [3.8, 4) is 5.75 Å². The van der Waals surface area contributed by atoms with Crippen molar-refractivity contribution in [1.29, 1.82) is 0 Å². The molecular formula is C11H15NO. The highest BCUT2D eigenvalue weighted by Gasteiger charge is 2.22. The van der Waals surface area contributed by atoms with E-state index in [9.17, 15) is 0 Å². The van der Waals surface area contributed by atoms with Gasteiger partial charge < -0.3 is 10.1 Å². The minimum atomic E-state index is 0.370. The predicted molar refractivity (Wildman–Crippen MR) is 53.2 cm³/mol. The molecule has 0 spiro atoms. The number of hydrogen-bond acceptors (Lipinski definition) is 2. The van der Waals surface area contributed by atoms with Crippen LogP contribution >= 0.6 is 0 Å². The maximum atomic E-state index is 5.58. The van der Waals surface area contributed by atoms with E-state index in [2.05, 4.69) is 31.3 Å². The van der Waals surface area contributed by atoms with Crippen LogP contribution in [0.1, 0.15) is 22.7 Å². The second kappa shape index (κ2) is 3.04. The Labute approximate surface area is 78.9 Å². The summed E-state index contributed by atoms with van der Waals surface area (Å²) in [4.78, 5) is 0. The number of fused-ring (bicyclic) bond motifs is 1. The van der Waals surface area contributed by atoms with Crippen molar-refractivity contribution in [1.82, 2.24) is 5.32 Å². The highest BCUT2D eigenvalue weighted by atomic mass is 16.5. The number of aryl methyl sites for hydroxylation is 2. The highest BCUT2D eigenvalue weighted by Crippen LogP contribution is 2.33. The summed E-state index contributed by atoms with van der Waals surface area (Å²) < 4.78 is 5.58. The molecule has 0 aliphatic carbocycles. The molecule has 0 saturated carbocycles. The molecule has 0 amide bonds. The van der Waals surface area contributed by atoms with E-state index < -0.39 is 0 Å². The lowest BCUT2D eigenvalue weighted by molar-refractivity contribution is 0.318. The van der Waals surface area contributed by atoms with Crippen LogP contribution in [-0.4, -0.2) is 13.7 Å². The summed E-state index contributed by atoms with van der Waals surface area (Å²) in [6.45, 7) is 5.01. The molecule has 1 aromatic rings. The Morgan fingerprint density at radius 2 is 2.00 bits per heavy atom. The van der Waals surface area contributed by atoms with Gasteiger partial charge in [0.2, 0.25) is 0 Å². The van der Waals surface area contributed by atoms with Gasteiger partial charge in [-0.05, 0) is 38.1 Å². The van der Waals surface area contributed by atoms with Gasteiger partial charge >= 0.3 is 0 Å². The molecule has 1 aliphatic rings.